The maximum atomic E-state index is 11.6. The van der Waals surface area contributed by atoms with Crippen molar-refractivity contribution in [3.05, 3.63) is 72.1 Å². The summed E-state index contributed by atoms with van der Waals surface area (Å²) in [7, 11) is -1.74. The fourth-order valence-electron chi connectivity index (χ4n) is 2.64. The zero-order chi connectivity index (χ0) is 19.1. The summed E-state index contributed by atoms with van der Waals surface area (Å²) in [6.07, 6.45) is 1.22. The lowest BCUT2D eigenvalue weighted by molar-refractivity contribution is 0.587. The van der Waals surface area contributed by atoms with Gasteiger partial charge in [0.25, 0.3) is 0 Å². The van der Waals surface area contributed by atoms with Gasteiger partial charge in [-0.15, -0.1) is 10.2 Å². The van der Waals surface area contributed by atoms with Gasteiger partial charge in [0, 0.05) is 17.9 Å². The van der Waals surface area contributed by atoms with Gasteiger partial charge in [0.05, 0.1) is 5.75 Å². The van der Waals surface area contributed by atoms with Crippen LogP contribution in [0.15, 0.2) is 65.8 Å². The molecule has 3 rings (SSSR count). The molecule has 0 bridgehead atoms. The van der Waals surface area contributed by atoms with Gasteiger partial charge in [-0.3, -0.25) is 4.57 Å². The summed E-state index contributed by atoms with van der Waals surface area (Å²) in [5, 5.41) is 9.52. The van der Waals surface area contributed by atoms with Crippen LogP contribution in [0.3, 0.4) is 0 Å². The standard InChI is InChI=1S/C19H22N4O2S2/c1-20-27(24,25)14-8-13-26-19-22-21-18(15-16-9-4-2-5-10-16)23(19)17-11-6-3-7-12-17/h2-7,9-12,20H,8,13-15H2,1H3. The van der Waals surface area contributed by atoms with Crippen LogP contribution >= 0.6 is 11.8 Å². The van der Waals surface area contributed by atoms with Gasteiger partial charge in [0.1, 0.15) is 5.82 Å². The van der Waals surface area contributed by atoms with E-state index in [9.17, 15) is 8.42 Å². The summed E-state index contributed by atoms with van der Waals surface area (Å²) in [5.41, 5.74) is 2.16. The minimum absolute atomic E-state index is 0.104. The van der Waals surface area contributed by atoms with Gasteiger partial charge in [-0.25, -0.2) is 13.1 Å². The number of nitrogens with one attached hydrogen (secondary N) is 1. The molecule has 0 saturated heterocycles. The highest BCUT2D eigenvalue weighted by molar-refractivity contribution is 7.99. The predicted octanol–water partition coefficient (Wildman–Crippen LogP) is 2.89. The zero-order valence-corrected chi connectivity index (χ0v) is 16.7. The lowest BCUT2D eigenvalue weighted by Gasteiger charge is -2.10. The summed E-state index contributed by atoms with van der Waals surface area (Å²) in [6.45, 7) is 0. The molecule has 0 saturated carbocycles. The molecule has 8 heteroatoms. The summed E-state index contributed by atoms with van der Waals surface area (Å²) in [6, 6.07) is 20.1. The highest BCUT2D eigenvalue weighted by Gasteiger charge is 2.15. The van der Waals surface area contributed by atoms with Crippen LogP contribution in [0, 0.1) is 0 Å². The summed E-state index contributed by atoms with van der Waals surface area (Å²) >= 11 is 1.52. The van der Waals surface area contributed by atoms with Crippen LogP contribution in [0.2, 0.25) is 0 Å². The number of para-hydroxylation sites is 1. The molecule has 0 atom stereocenters. The number of benzene rings is 2. The van der Waals surface area contributed by atoms with Gasteiger partial charge < -0.3 is 0 Å². The zero-order valence-electron chi connectivity index (χ0n) is 15.1. The van der Waals surface area contributed by atoms with E-state index in [4.69, 9.17) is 0 Å². The normalized spacial score (nSPS) is 11.6. The summed E-state index contributed by atoms with van der Waals surface area (Å²) in [4.78, 5) is 0. The van der Waals surface area contributed by atoms with Gasteiger partial charge in [0.2, 0.25) is 10.0 Å². The first-order chi connectivity index (χ1) is 13.1. The lowest BCUT2D eigenvalue weighted by atomic mass is 10.1. The molecule has 142 valence electrons. The Balaban J connectivity index is 1.79. The van der Waals surface area contributed by atoms with Gasteiger partial charge in [-0.05, 0) is 31.2 Å². The first-order valence-electron chi connectivity index (χ1n) is 8.67. The van der Waals surface area contributed by atoms with Crippen LogP contribution in [0.5, 0.6) is 0 Å². The highest BCUT2D eigenvalue weighted by Crippen LogP contribution is 2.24. The topological polar surface area (TPSA) is 76.9 Å². The van der Waals surface area contributed by atoms with Crippen LogP contribution in [0.4, 0.5) is 0 Å². The molecule has 1 heterocycles. The van der Waals surface area contributed by atoms with E-state index in [2.05, 4.69) is 27.1 Å². The minimum Gasteiger partial charge on any atom is -0.274 e. The molecule has 0 unspecified atom stereocenters. The van der Waals surface area contributed by atoms with E-state index in [1.807, 2.05) is 53.1 Å². The van der Waals surface area contributed by atoms with Crippen molar-refractivity contribution < 1.29 is 8.42 Å². The van der Waals surface area contributed by atoms with Gasteiger partial charge in [0.15, 0.2) is 5.16 Å². The third-order valence-electron chi connectivity index (χ3n) is 4.02. The number of thioether (sulfide) groups is 1. The van der Waals surface area contributed by atoms with E-state index in [0.717, 1.165) is 16.7 Å². The van der Waals surface area contributed by atoms with Crippen molar-refractivity contribution >= 4 is 21.8 Å². The monoisotopic (exact) mass is 402 g/mol. The number of hydrogen-bond acceptors (Lipinski definition) is 5. The van der Waals surface area contributed by atoms with Crippen molar-refractivity contribution in [1.29, 1.82) is 0 Å². The molecule has 2 aromatic carbocycles. The van der Waals surface area contributed by atoms with Crippen LogP contribution in [-0.4, -0.2) is 41.7 Å². The van der Waals surface area contributed by atoms with Crippen LogP contribution < -0.4 is 4.72 Å². The van der Waals surface area contributed by atoms with E-state index in [-0.39, 0.29) is 5.75 Å². The molecular formula is C19H22N4O2S2. The molecule has 0 amide bonds. The Morgan fingerprint density at radius 2 is 1.67 bits per heavy atom. The maximum absolute atomic E-state index is 11.6. The molecule has 6 nitrogen and oxygen atoms in total. The fraction of sp³-hybridized carbons (Fsp3) is 0.263. The SMILES string of the molecule is CNS(=O)(=O)CCCSc1nnc(Cc2ccccc2)n1-c1ccccc1. The van der Waals surface area contributed by atoms with E-state index < -0.39 is 10.0 Å². The number of aromatic nitrogens is 3. The molecule has 0 radical (unpaired) electrons. The Morgan fingerprint density at radius 1 is 1.00 bits per heavy atom. The van der Waals surface area contributed by atoms with E-state index in [1.54, 1.807) is 0 Å². The quantitative estimate of drug-likeness (QED) is 0.440. The second-order valence-corrected chi connectivity index (χ2v) is 9.07. The van der Waals surface area contributed by atoms with E-state index in [1.165, 1.54) is 24.4 Å². The Morgan fingerprint density at radius 3 is 2.33 bits per heavy atom. The van der Waals surface area contributed by atoms with Crippen LogP contribution in [-0.2, 0) is 16.4 Å². The summed E-state index contributed by atoms with van der Waals surface area (Å²) in [5.74, 6) is 1.61. The molecule has 0 aliphatic rings. The number of sulfonamides is 1. The third kappa shape index (κ3) is 5.41. The smallest absolute Gasteiger partial charge is 0.211 e. The second kappa shape index (κ2) is 9.16. The van der Waals surface area contributed by atoms with E-state index in [0.29, 0.717) is 18.6 Å². The fourth-order valence-corrected chi connectivity index (χ4v) is 4.46. The Hall–Kier alpha value is -2.16. The number of nitrogens with zero attached hydrogens (tertiary/aromatic N) is 3. The first-order valence-corrected chi connectivity index (χ1v) is 11.3. The largest absolute Gasteiger partial charge is 0.274 e. The van der Waals surface area contributed by atoms with Crippen molar-refractivity contribution in [2.75, 3.05) is 18.6 Å². The summed E-state index contributed by atoms with van der Waals surface area (Å²) < 4.78 is 27.5. The molecule has 0 aliphatic heterocycles. The molecule has 1 aromatic heterocycles. The molecule has 3 aromatic rings. The number of rotatable bonds is 9. The number of hydrogen-bond donors (Lipinski definition) is 1. The lowest BCUT2D eigenvalue weighted by Crippen LogP contribution is -2.22. The Bertz CT molecular complexity index is 958. The van der Waals surface area contributed by atoms with Crippen LogP contribution in [0.1, 0.15) is 17.8 Å². The Labute approximate surface area is 164 Å². The van der Waals surface area contributed by atoms with Gasteiger partial charge in [-0.2, -0.15) is 0 Å². The Kier molecular flexibility index (Phi) is 6.65. The van der Waals surface area contributed by atoms with Crippen molar-refractivity contribution in [3.8, 4) is 5.69 Å². The molecule has 0 aliphatic carbocycles. The maximum Gasteiger partial charge on any atom is 0.211 e. The van der Waals surface area contributed by atoms with Crippen molar-refractivity contribution in [2.24, 2.45) is 0 Å². The van der Waals surface area contributed by atoms with Crippen LogP contribution in [0.25, 0.3) is 5.69 Å². The predicted molar refractivity (Wildman–Crippen MR) is 109 cm³/mol. The molecule has 1 N–H and O–H groups in total. The molecular weight excluding hydrogens is 380 g/mol. The van der Waals surface area contributed by atoms with Gasteiger partial charge >= 0.3 is 0 Å². The second-order valence-electron chi connectivity index (χ2n) is 5.96. The average Bonchev–Trinajstić information content (AvgIpc) is 3.09. The highest BCUT2D eigenvalue weighted by atomic mass is 32.2. The molecule has 27 heavy (non-hydrogen) atoms. The molecule has 0 fully saturated rings. The third-order valence-corrected chi connectivity index (χ3v) is 6.48. The van der Waals surface area contributed by atoms with E-state index >= 15 is 0 Å². The molecule has 0 spiro atoms. The minimum atomic E-state index is -3.18. The van der Waals surface area contributed by atoms with Crippen molar-refractivity contribution in [2.45, 2.75) is 18.0 Å². The first kappa shape index (κ1) is 19.6. The van der Waals surface area contributed by atoms with Crippen molar-refractivity contribution in [3.63, 3.8) is 0 Å². The van der Waals surface area contributed by atoms with Gasteiger partial charge in [-0.1, -0.05) is 60.3 Å². The average molecular weight is 403 g/mol. The van der Waals surface area contributed by atoms with Crippen molar-refractivity contribution in [1.82, 2.24) is 19.5 Å².